The Hall–Kier alpha value is -3.08. The smallest absolute Gasteiger partial charge is 0.226 e. The molecule has 0 saturated carbocycles. The molecule has 5 nitrogen and oxygen atoms in total. The van der Waals surface area contributed by atoms with Gasteiger partial charge in [-0.3, -0.25) is 0 Å². The topological polar surface area (TPSA) is 63.0 Å². The maximum absolute atomic E-state index is 10.1. The number of benzene rings is 2. The number of hydrogen-bond donors (Lipinski definition) is 2. The van der Waals surface area contributed by atoms with E-state index in [1.54, 1.807) is 6.07 Å². The Morgan fingerprint density at radius 2 is 1.87 bits per heavy atom. The van der Waals surface area contributed by atoms with E-state index in [1.807, 2.05) is 22.9 Å². The molecule has 2 aromatic carbocycles. The van der Waals surface area contributed by atoms with Crippen LogP contribution in [0.5, 0.6) is 5.75 Å². The average Bonchev–Trinajstić information content (AvgIpc) is 3.04. The van der Waals surface area contributed by atoms with E-state index >= 15 is 0 Å². The minimum absolute atomic E-state index is 0.0658. The Bertz CT molecular complexity index is 880. The largest absolute Gasteiger partial charge is 0.507 e. The molecule has 1 aliphatic heterocycles. The highest BCUT2D eigenvalue weighted by molar-refractivity contribution is 5.79. The number of phenols is 1. The summed E-state index contributed by atoms with van der Waals surface area (Å²) in [5, 5.41) is 17.7. The second kappa shape index (κ2) is 5.28. The second-order valence-electron chi connectivity index (χ2n) is 5.61. The molecule has 0 spiro atoms. The Morgan fingerprint density at radius 1 is 1.09 bits per heavy atom. The molecule has 1 unspecified atom stereocenters. The average molecular weight is 304 g/mol. The summed E-state index contributed by atoms with van der Waals surface area (Å²) >= 11 is 0. The van der Waals surface area contributed by atoms with Crippen LogP contribution in [0.25, 0.3) is 5.70 Å². The van der Waals surface area contributed by atoms with Crippen LogP contribution in [0.2, 0.25) is 0 Å². The van der Waals surface area contributed by atoms with Gasteiger partial charge in [0.05, 0.1) is 5.70 Å². The highest BCUT2D eigenvalue weighted by atomic mass is 16.3. The molecule has 0 radical (unpaired) electrons. The molecule has 114 valence electrons. The minimum atomic E-state index is -0.0658. The summed E-state index contributed by atoms with van der Waals surface area (Å²) in [7, 11) is 0. The van der Waals surface area contributed by atoms with E-state index in [-0.39, 0.29) is 11.8 Å². The van der Waals surface area contributed by atoms with Gasteiger partial charge in [-0.1, -0.05) is 42.0 Å². The molecule has 4 rings (SSSR count). The zero-order valence-electron chi connectivity index (χ0n) is 12.6. The molecular weight excluding hydrogens is 288 g/mol. The Morgan fingerprint density at radius 3 is 2.65 bits per heavy atom. The number of rotatable bonds is 2. The van der Waals surface area contributed by atoms with Crippen molar-refractivity contribution >= 4 is 11.6 Å². The lowest BCUT2D eigenvalue weighted by Crippen LogP contribution is -2.20. The number of phenolic OH excluding ortho intramolecular Hbond substituents is 1. The summed E-state index contributed by atoms with van der Waals surface area (Å²) in [6, 6.07) is 15.6. The van der Waals surface area contributed by atoms with E-state index in [0.29, 0.717) is 5.95 Å². The molecule has 3 aromatic rings. The van der Waals surface area contributed by atoms with Crippen molar-refractivity contribution < 1.29 is 5.11 Å². The quantitative estimate of drug-likeness (QED) is 0.762. The molecular formula is C18H16N4O. The minimum Gasteiger partial charge on any atom is -0.507 e. The van der Waals surface area contributed by atoms with Crippen LogP contribution < -0.4 is 5.32 Å². The van der Waals surface area contributed by atoms with Gasteiger partial charge >= 0.3 is 0 Å². The number of nitrogens with zero attached hydrogens (tertiary/aromatic N) is 3. The van der Waals surface area contributed by atoms with Crippen LogP contribution in [0.3, 0.4) is 0 Å². The van der Waals surface area contributed by atoms with Gasteiger partial charge in [-0.05, 0) is 30.7 Å². The van der Waals surface area contributed by atoms with Crippen LogP contribution in [0, 0.1) is 6.92 Å². The Kier molecular flexibility index (Phi) is 3.12. The summed E-state index contributed by atoms with van der Waals surface area (Å²) < 4.78 is 1.84. The van der Waals surface area contributed by atoms with Crippen LogP contribution in [0.15, 0.2) is 60.9 Å². The fourth-order valence-electron chi connectivity index (χ4n) is 2.79. The van der Waals surface area contributed by atoms with Crippen molar-refractivity contribution in [1.82, 2.24) is 14.8 Å². The number of anilines is 1. The first kappa shape index (κ1) is 13.6. The molecule has 0 aliphatic carbocycles. The summed E-state index contributed by atoms with van der Waals surface area (Å²) in [6.07, 6.45) is 3.59. The molecule has 23 heavy (non-hydrogen) atoms. The SMILES string of the molecule is Cc1ccc(C2C=C(c3ccccc3O)Nc3ncnn32)cc1. The summed E-state index contributed by atoms with van der Waals surface area (Å²) in [5.41, 5.74) is 3.91. The van der Waals surface area contributed by atoms with Crippen LogP contribution in [0.1, 0.15) is 22.7 Å². The lowest BCUT2D eigenvalue weighted by Gasteiger charge is -2.24. The van der Waals surface area contributed by atoms with E-state index in [0.717, 1.165) is 16.8 Å². The molecule has 1 aromatic heterocycles. The van der Waals surface area contributed by atoms with E-state index in [4.69, 9.17) is 0 Å². The number of hydrogen-bond acceptors (Lipinski definition) is 4. The van der Waals surface area contributed by atoms with Gasteiger partial charge in [0, 0.05) is 5.56 Å². The summed E-state index contributed by atoms with van der Waals surface area (Å²) in [6.45, 7) is 2.07. The van der Waals surface area contributed by atoms with Gasteiger partial charge in [0.25, 0.3) is 0 Å². The molecule has 0 bridgehead atoms. The third-order valence-electron chi connectivity index (χ3n) is 4.02. The maximum Gasteiger partial charge on any atom is 0.226 e. The number of aromatic hydroxyl groups is 1. The monoisotopic (exact) mass is 304 g/mol. The third kappa shape index (κ3) is 2.36. The molecule has 0 amide bonds. The van der Waals surface area contributed by atoms with Gasteiger partial charge in [-0.25, -0.2) is 4.68 Å². The molecule has 0 fully saturated rings. The highest BCUT2D eigenvalue weighted by Gasteiger charge is 2.24. The van der Waals surface area contributed by atoms with Crippen molar-refractivity contribution in [2.24, 2.45) is 0 Å². The number of allylic oxidation sites excluding steroid dienone is 1. The summed E-state index contributed by atoms with van der Waals surface area (Å²) in [4.78, 5) is 4.27. The van der Waals surface area contributed by atoms with Gasteiger partial charge in [0.2, 0.25) is 5.95 Å². The standard InChI is InChI=1S/C18H16N4O/c1-12-6-8-13(9-7-12)16-10-15(14-4-2-3-5-17(14)23)21-18-19-11-20-22(16)18/h2-11,16,23H,1H3,(H,19,20,21). The first-order valence-corrected chi connectivity index (χ1v) is 7.45. The first-order chi connectivity index (χ1) is 11.2. The fourth-order valence-corrected chi connectivity index (χ4v) is 2.79. The highest BCUT2D eigenvalue weighted by Crippen LogP contribution is 2.34. The predicted molar refractivity (Wildman–Crippen MR) is 89.0 cm³/mol. The van der Waals surface area contributed by atoms with Gasteiger partial charge in [-0.15, -0.1) is 0 Å². The number of para-hydroxylation sites is 1. The number of aromatic nitrogens is 3. The number of fused-ring (bicyclic) bond motifs is 1. The van der Waals surface area contributed by atoms with Crippen LogP contribution >= 0.6 is 0 Å². The van der Waals surface area contributed by atoms with Gasteiger partial charge in [0.15, 0.2) is 0 Å². The summed E-state index contributed by atoms with van der Waals surface area (Å²) in [5.74, 6) is 0.901. The van der Waals surface area contributed by atoms with Crippen LogP contribution in [0.4, 0.5) is 5.95 Å². The molecule has 2 heterocycles. The Balaban J connectivity index is 1.83. The van der Waals surface area contributed by atoms with Crippen molar-refractivity contribution in [1.29, 1.82) is 0 Å². The van der Waals surface area contributed by atoms with Gasteiger partial charge in [-0.2, -0.15) is 10.1 Å². The molecule has 1 atom stereocenters. The number of nitrogens with one attached hydrogen (secondary N) is 1. The van der Waals surface area contributed by atoms with E-state index in [9.17, 15) is 5.11 Å². The van der Waals surface area contributed by atoms with Gasteiger partial charge < -0.3 is 10.4 Å². The van der Waals surface area contributed by atoms with Crippen molar-refractivity contribution in [2.75, 3.05) is 5.32 Å². The maximum atomic E-state index is 10.1. The van der Waals surface area contributed by atoms with E-state index < -0.39 is 0 Å². The van der Waals surface area contributed by atoms with Crippen molar-refractivity contribution in [3.63, 3.8) is 0 Å². The zero-order valence-corrected chi connectivity index (χ0v) is 12.6. The number of aryl methyl sites for hydroxylation is 1. The lowest BCUT2D eigenvalue weighted by atomic mass is 10.0. The third-order valence-corrected chi connectivity index (χ3v) is 4.02. The molecule has 5 heteroatoms. The molecule has 1 aliphatic rings. The molecule has 2 N–H and O–H groups in total. The van der Waals surface area contributed by atoms with Crippen molar-refractivity contribution in [3.8, 4) is 5.75 Å². The molecule has 0 saturated heterocycles. The van der Waals surface area contributed by atoms with E-state index in [1.165, 1.54) is 11.9 Å². The second-order valence-corrected chi connectivity index (χ2v) is 5.61. The predicted octanol–water partition coefficient (Wildman–Crippen LogP) is 3.35. The Labute approximate surface area is 133 Å². The van der Waals surface area contributed by atoms with Crippen molar-refractivity contribution in [3.05, 3.63) is 77.6 Å². The fraction of sp³-hybridized carbons (Fsp3) is 0.111. The van der Waals surface area contributed by atoms with Crippen LogP contribution in [-0.2, 0) is 0 Å². The first-order valence-electron chi connectivity index (χ1n) is 7.45. The van der Waals surface area contributed by atoms with Gasteiger partial charge in [0.1, 0.15) is 18.1 Å². The van der Waals surface area contributed by atoms with Crippen LogP contribution in [-0.4, -0.2) is 19.9 Å². The lowest BCUT2D eigenvalue weighted by molar-refractivity contribution is 0.473. The zero-order chi connectivity index (χ0) is 15.8. The van der Waals surface area contributed by atoms with E-state index in [2.05, 4.69) is 52.7 Å². The normalized spacial score (nSPS) is 16.4. The van der Waals surface area contributed by atoms with Crippen molar-refractivity contribution in [2.45, 2.75) is 13.0 Å².